The maximum atomic E-state index is 11.9. The van der Waals surface area contributed by atoms with Gasteiger partial charge in [-0.25, -0.2) is 4.79 Å². The molecule has 0 unspecified atom stereocenters. The van der Waals surface area contributed by atoms with Crippen molar-refractivity contribution in [2.45, 2.75) is 25.3 Å². The van der Waals surface area contributed by atoms with Gasteiger partial charge in [0.05, 0.1) is 0 Å². The molecule has 0 fully saturated rings. The van der Waals surface area contributed by atoms with Crippen molar-refractivity contribution in [2.24, 2.45) is 5.73 Å². The van der Waals surface area contributed by atoms with Gasteiger partial charge in [-0.15, -0.1) is 0 Å². The zero-order valence-electron chi connectivity index (χ0n) is 10.3. The normalized spacial score (nSPS) is 13.7. The van der Waals surface area contributed by atoms with E-state index in [1.807, 2.05) is 0 Å². The molecule has 1 amide bonds. The topological polar surface area (TPSA) is 92.4 Å². The van der Waals surface area contributed by atoms with E-state index in [9.17, 15) is 14.7 Å². The predicted molar refractivity (Wildman–Crippen MR) is 68.2 cm³/mol. The molecule has 18 heavy (non-hydrogen) atoms. The quantitative estimate of drug-likeness (QED) is 0.702. The number of hydrogen-bond acceptors (Lipinski definition) is 3. The summed E-state index contributed by atoms with van der Waals surface area (Å²) in [4.78, 5) is 23.2. The van der Waals surface area contributed by atoms with Crippen LogP contribution in [0.15, 0.2) is 30.3 Å². The lowest BCUT2D eigenvalue weighted by atomic mass is 9.95. The van der Waals surface area contributed by atoms with Crippen LogP contribution in [0, 0.1) is 0 Å². The molecule has 0 saturated carbocycles. The van der Waals surface area contributed by atoms with E-state index in [0.29, 0.717) is 24.9 Å². The molecule has 5 heteroatoms. The first-order valence-electron chi connectivity index (χ1n) is 5.80. The van der Waals surface area contributed by atoms with Crippen LogP contribution in [0.5, 0.6) is 0 Å². The molecule has 0 bridgehead atoms. The third-order valence-electron chi connectivity index (χ3n) is 2.78. The molecule has 0 spiro atoms. The Labute approximate surface area is 106 Å². The molecule has 0 heterocycles. The molecule has 0 aliphatic heterocycles. The van der Waals surface area contributed by atoms with Crippen molar-refractivity contribution in [2.75, 3.05) is 6.54 Å². The Bertz CT molecular complexity index is 420. The lowest BCUT2D eigenvalue weighted by Crippen LogP contribution is -2.52. The largest absolute Gasteiger partial charge is 0.480 e. The summed E-state index contributed by atoms with van der Waals surface area (Å²) >= 11 is 0. The highest BCUT2D eigenvalue weighted by molar-refractivity contribution is 5.97. The Morgan fingerprint density at radius 3 is 2.44 bits per heavy atom. The van der Waals surface area contributed by atoms with Gasteiger partial charge < -0.3 is 16.2 Å². The molecular formula is C13H18N2O3. The van der Waals surface area contributed by atoms with E-state index in [-0.39, 0.29) is 0 Å². The zero-order chi connectivity index (χ0) is 13.6. The van der Waals surface area contributed by atoms with Crippen LogP contribution in [-0.4, -0.2) is 29.1 Å². The Kier molecular flexibility index (Phi) is 4.85. The van der Waals surface area contributed by atoms with Gasteiger partial charge in [0.1, 0.15) is 5.54 Å². The Morgan fingerprint density at radius 1 is 1.33 bits per heavy atom. The monoisotopic (exact) mass is 250 g/mol. The lowest BCUT2D eigenvalue weighted by molar-refractivity contribution is -0.144. The van der Waals surface area contributed by atoms with Gasteiger partial charge in [-0.3, -0.25) is 4.79 Å². The number of amides is 1. The van der Waals surface area contributed by atoms with Gasteiger partial charge in [-0.2, -0.15) is 0 Å². The van der Waals surface area contributed by atoms with Crippen molar-refractivity contribution in [1.29, 1.82) is 0 Å². The molecule has 1 aromatic carbocycles. The van der Waals surface area contributed by atoms with Crippen molar-refractivity contribution >= 4 is 11.9 Å². The molecule has 0 aromatic heterocycles. The van der Waals surface area contributed by atoms with Crippen LogP contribution >= 0.6 is 0 Å². The van der Waals surface area contributed by atoms with Crippen LogP contribution in [0.1, 0.15) is 30.1 Å². The third kappa shape index (κ3) is 3.56. The lowest BCUT2D eigenvalue weighted by Gasteiger charge is -2.26. The zero-order valence-corrected chi connectivity index (χ0v) is 10.3. The number of carboxylic acids is 1. The molecule has 1 aromatic rings. The van der Waals surface area contributed by atoms with Crippen molar-refractivity contribution in [3.63, 3.8) is 0 Å². The summed E-state index contributed by atoms with van der Waals surface area (Å²) in [6, 6.07) is 8.53. The fraction of sp³-hybridized carbons (Fsp3) is 0.385. The van der Waals surface area contributed by atoms with Gasteiger partial charge in [-0.05, 0) is 38.4 Å². The van der Waals surface area contributed by atoms with Crippen LogP contribution in [0.2, 0.25) is 0 Å². The Morgan fingerprint density at radius 2 is 1.94 bits per heavy atom. The maximum Gasteiger partial charge on any atom is 0.329 e. The number of carbonyl (C=O) groups excluding carboxylic acids is 1. The minimum Gasteiger partial charge on any atom is -0.480 e. The van der Waals surface area contributed by atoms with E-state index >= 15 is 0 Å². The SMILES string of the molecule is C[C@@](CCCN)(NC(=O)c1ccccc1)C(=O)O. The number of aliphatic carboxylic acids is 1. The first-order chi connectivity index (χ1) is 8.49. The molecule has 0 saturated heterocycles. The molecule has 1 atom stereocenters. The maximum absolute atomic E-state index is 11.9. The van der Waals surface area contributed by atoms with Crippen LogP contribution in [0.3, 0.4) is 0 Å². The molecule has 4 N–H and O–H groups in total. The van der Waals surface area contributed by atoms with Crippen LogP contribution in [-0.2, 0) is 4.79 Å². The van der Waals surface area contributed by atoms with Gasteiger partial charge in [-0.1, -0.05) is 18.2 Å². The van der Waals surface area contributed by atoms with Gasteiger partial charge in [0.15, 0.2) is 0 Å². The highest BCUT2D eigenvalue weighted by atomic mass is 16.4. The van der Waals surface area contributed by atoms with Gasteiger partial charge in [0.25, 0.3) is 5.91 Å². The summed E-state index contributed by atoms with van der Waals surface area (Å²) < 4.78 is 0. The van der Waals surface area contributed by atoms with Crippen LogP contribution < -0.4 is 11.1 Å². The first-order valence-corrected chi connectivity index (χ1v) is 5.80. The van der Waals surface area contributed by atoms with Crippen molar-refractivity contribution in [3.05, 3.63) is 35.9 Å². The van der Waals surface area contributed by atoms with E-state index < -0.39 is 17.4 Å². The second-order valence-corrected chi connectivity index (χ2v) is 4.35. The van der Waals surface area contributed by atoms with Crippen molar-refractivity contribution < 1.29 is 14.7 Å². The highest BCUT2D eigenvalue weighted by Crippen LogP contribution is 2.13. The smallest absolute Gasteiger partial charge is 0.329 e. The fourth-order valence-corrected chi connectivity index (χ4v) is 1.59. The van der Waals surface area contributed by atoms with E-state index in [1.165, 1.54) is 6.92 Å². The van der Waals surface area contributed by atoms with E-state index in [4.69, 9.17) is 5.73 Å². The Hall–Kier alpha value is -1.88. The van der Waals surface area contributed by atoms with Crippen molar-refractivity contribution in [1.82, 2.24) is 5.32 Å². The average Bonchev–Trinajstić information content (AvgIpc) is 2.37. The summed E-state index contributed by atoms with van der Waals surface area (Å²) in [6.07, 6.45) is 0.843. The number of rotatable bonds is 6. The molecule has 0 aliphatic rings. The standard InChI is InChI=1S/C13H18N2O3/c1-13(12(17)18,8-5-9-14)15-11(16)10-6-3-2-4-7-10/h2-4,6-7H,5,8-9,14H2,1H3,(H,15,16)(H,17,18)/t13-/m0/s1. The second-order valence-electron chi connectivity index (χ2n) is 4.35. The second kappa shape index (κ2) is 6.16. The number of hydrogen-bond donors (Lipinski definition) is 3. The van der Waals surface area contributed by atoms with Crippen LogP contribution in [0.4, 0.5) is 0 Å². The minimum atomic E-state index is -1.29. The number of benzene rings is 1. The number of nitrogens with two attached hydrogens (primary N) is 1. The van der Waals surface area contributed by atoms with Gasteiger partial charge >= 0.3 is 5.97 Å². The number of carbonyl (C=O) groups is 2. The molecule has 98 valence electrons. The molecule has 0 aliphatic carbocycles. The molecular weight excluding hydrogens is 232 g/mol. The van der Waals surface area contributed by atoms with Crippen molar-refractivity contribution in [3.8, 4) is 0 Å². The van der Waals surface area contributed by atoms with Gasteiger partial charge in [0, 0.05) is 5.56 Å². The fourth-order valence-electron chi connectivity index (χ4n) is 1.59. The molecule has 5 nitrogen and oxygen atoms in total. The summed E-state index contributed by atoms with van der Waals surface area (Å²) in [6.45, 7) is 1.88. The molecule has 0 radical (unpaired) electrons. The molecule has 1 rings (SSSR count). The first kappa shape index (κ1) is 14.2. The average molecular weight is 250 g/mol. The minimum absolute atomic E-state index is 0.303. The summed E-state index contributed by atoms with van der Waals surface area (Å²) in [7, 11) is 0. The third-order valence-corrected chi connectivity index (χ3v) is 2.78. The predicted octanol–water partition coefficient (Wildman–Crippen LogP) is 0.999. The summed E-state index contributed by atoms with van der Waals surface area (Å²) in [5, 5.41) is 11.7. The van der Waals surface area contributed by atoms with E-state index in [1.54, 1.807) is 30.3 Å². The number of nitrogens with one attached hydrogen (secondary N) is 1. The van der Waals surface area contributed by atoms with Crippen LogP contribution in [0.25, 0.3) is 0 Å². The number of carboxylic acid groups (broad SMARTS) is 1. The summed E-state index contributed by atoms with van der Waals surface area (Å²) in [5.74, 6) is -1.45. The Balaban J connectivity index is 2.78. The summed E-state index contributed by atoms with van der Waals surface area (Å²) in [5.41, 5.74) is 4.53. The van der Waals surface area contributed by atoms with E-state index in [2.05, 4.69) is 5.32 Å². The van der Waals surface area contributed by atoms with Gasteiger partial charge in [0.2, 0.25) is 0 Å². The highest BCUT2D eigenvalue weighted by Gasteiger charge is 2.34. The van der Waals surface area contributed by atoms with E-state index in [0.717, 1.165) is 0 Å².